The summed E-state index contributed by atoms with van der Waals surface area (Å²) in [5.41, 5.74) is -1.39. The molecule has 2 atom stereocenters. The first kappa shape index (κ1) is 16.7. The highest BCUT2D eigenvalue weighted by Crippen LogP contribution is 2.22. The van der Waals surface area contributed by atoms with Crippen LogP contribution >= 0.6 is 0 Å². The Morgan fingerprint density at radius 2 is 1.56 bits per heavy atom. The Morgan fingerprint density at radius 3 is 1.83 bits per heavy atom. The van der Waals surface area contributed by atoms with Crippen molar-refractivity contribution in [2.45, 2.75) is 59.3 Å². The van der Waals surface area contributed by atoms with Crippen molar-refractivity contribution in [2.24, 2.45) is 5.41 Å². The number of carbonyl (C=O) groups is 2. The number of carbonyl (C=O) groups excluding carboxylic acids is 1. The van der Waals surface area contributed by atoms with Gasteiger partial charge in [-0.1, -0.05) is 20.8 Å². The van der Waals surface area contributed by atoms with E-state index in [0.29, 0.717) is 0 Å². The lowest BCUT2D eigenvalue weighted by Gasteiger charge is -2.31. The predicted octanol–water partition coefficient (Wildman–Crippen LogP) is 1.37. The van der Waals surface area contributed by atoms with Gasteiger partial charge in [0, 0.05) is 0 Å². The molecular weight excluding hydrogens is 238 g/mol. The number of aliphatic carboxylic acids is 1. The molecule has 1 amide bonds. The van der Waals surface area contributed by atoms with E-state index in [0.717, 1.165) is 0 Å². The summed E-state index contributed by atoms with van der Waals surface area (Å²) in [5, 5.41) is 21.1. The van der Waals surface area contributed by atoms with Crippen LogP contribution in [0.25, 0.3) is 0 Å². The van der Waals surface area contributed by atoms with Crippen molar-refractivity contribution >= 4 is 12.1 Å². The third kappa shape index (κ3) is 5.86. The Kier molecular flexibility index (Phi) is 5.16. The summed E-state index contributed by atoms with van der Waals surface area (Å²) >= 11 is 0. The topological polar surface area (TPSA) is 95.9 Å². The minimum absolute atomic E-state index is 0.669. The van der Waals surface area contributed by atoms with Crippen molar-refractivity contribution < 1.29 is 24.5 Å². The first-order chi connectivity index (χ1) is 7.84. The van der Waals surface area contributed by atoms with Crippen molar-refractivity contribution in [3.8, 4) is 0 Å². The van der Waals surface area contributed by atoms with Crippen LogP contribution in [0, 0.1) is 5.41 Å². The number of amides is 1. The van der Waals surface area contributed by atoms with E-state index in [1.807, 2.05) is 0 Å². The second-order valence-electron chi connectivity index (χ2n) is 6.27. The molecule has 0 fully saturated rings. The molecule has 3 N–H and O–H groups in total. The SMILES string of the molecule is CC(C)(C)OC(=O)NC(C(=O)O)C(O)C(C)(C)C. The largest absolute Gasteiger partial charge is 0.480 e. The van der Waals surface area contributed by atoms with Crippen LogP contribution in [-0.4, -0.2) is 40.0 Å². The van der Waals surface area contributed by atoms with Gasteiger partial charge in [0.15, 0.2) is 6.04 Å². The van der Waals surface area contributed by atoms with Crippen LogP contribution in [0.3, 0.4) is 0 Å². The molecule has 0 aromatic heterocycles. The van der Waals surface area contributed by atoms with Crippen LogP contribution in [0.5, 0.6) is 0 Å². The third-order valence-corrected chi connectivity index (χ3v) is 2.14. The summed E-state index contributed by atoms with van der Waals surface area (Å²) in [7, 11) is 0. The molecule has 2 unspecified atom stereocenters. The highest BCUT2D eigenvalue weighted by atomic mass is 16.6. The second-order valence-corrected chi connectivity index (χ2v) is 6.27. The molecule has 0 radical (unpaired) electrons. The van der Waals surface area contributed by atoms with E-state index in [1.165, 1.54) is 0 Å². The number of ether oxygens (including phenoxy) is 1. The van der Waals surface area contributed by atoms with Crippen LogP contribution in [0.15, 0.2) is 0 Å². The lowest BCUT2D eigenvalue weighted by molar-refractivity contribution is -0.144. The van der Waals surface area contributed by atoms with Crippen LogP contribution in [0.4, 0.5) is 4.79 Å². The summed E-state index contributed by atoms with van der Waals surface area (Å²) in [6.07, 6.45) is -2.08. The number of aliphatic hydroxyl groups is 1. The van der Waals surface area contributed by atoms with Gasteiger partial charge in [0.1, 0.15) is 5.60 Å². The second kappa shape index (κ2) is 5.56. The van der Waals surface area contributed by atoms with Gasteiger partial charge < -0.3 is 20.3 Å². The molecule has 6 nitrogen and oxygen atoms in total. The summed E-state index contributed by atoms with van der Waals surface area (Å²) in [4.78, 5) is 22.6. The molecule has 0 spiro atoms. The number of hydrogen-bond donors (Lipinski definition) is 3. The van der Waals surface area contributed by atoms with Crippen molar-refractivity contribution in [3.05, 3.63) is 0 Å². The van der Waals surface area contributed by atoms with Gasteiger partial charge >= 0.3 is 12.1 Å². The number of nitrogens with one attached hydrogen (secondary N) is 1. The summed E-state index contributed by atoms with van der Waals surface area (Å²) in [6.45, 7) is 10.1. The number of alkyl carbamates (subject to hydrolysis) is 1. The molecule has 0 aromatic carbocycles. The Bertz CT molecular complexity index is 313. The van der Waals surface area contributed by atoms with Crippen LogP contribution in [0.1, 0.15) is 41.5 Å². The highest BCUT2D eigenvalue weighted by Gasteiger charge is 2.37. The van der Waals surface area contributed by atoms with Gasteiger partial charge in [-0.2, -0.15) is 0 Å². The summed E-state index contributed by atoms with van der Waals surface area (Å²) in [6, 6.07) is -1.40. The fraction of sp³-hybridized carbons (Fsp3) is 0.833. The van der Waals surface area contributed by atoms with Crippen molar-refractivity contribution in [2.75, 3.05) is 0 Å². The van der Waals surface area contributed by atoms with Gasteiger partial charge in [-0.15, -0.1) is 0 Å². The molecule has 0 heterocycles. The Balaban J connectivity index is 4.76. The van der Waals surface area contributed by atoms with Crippen LogP contribution < -0.4 is 5.32 Å². The number of carboxylic acids is 1. The van der Waals surface area contributed by atoms with Crippen LogP contribution in [-0.2, 0) is 9.53 Å². The maximum Gasteiger partial charge on any atom is 0.408 e. The minimum atomic E-state index is -1.40. The first-order valence-corrected chi connectivity index (χ1v) is 5.75. The van der Waals surface area contributed by atoms with E-state index in [2.05, 4.69) is 5.32 Å². The molecule has 0 aliphatic heterocycles. The fourth-order valence-corrected chi connectivity index (χ4v) is 1.21. The molecule has 0 saturated heterocycles. The molecule has 6 heteroatoms. The normalized spacial score (nSPS) is 15.7. The zero-order valence-corrected chi connectivity index (χ0v) is 11.8. The first-order valence-electron chi connectivity index (χ1n) is 5.75. The van der Waals surface area contributed by atoms with Gasteiger partial charge in [0.2, 0.25) is 0 Å². The lowest BCUT2D eigenvalue weighted by Crippen LogP contribution is -2.54. The Morgan fingerprint density at radius 1 is 1.11 bits per heavy atom. The van der Waals surface area contributed by atoms with Gasteiger partial charge in [-0.3, -0.25) is 0 Å². The van der Waals surface area contributed by atoms with Crippen molar-refractivity contribution in [1.29, 1.82) is 0 Å². The van der Waals surface area contributed by atoms with E-state index in [-0.39, 0.29) is 0 Å². The average Bonchev–Trinajstić information content (AvgIpc) is 2.08. The minimum Gasteiger partial charge on any atom is -0.480 e. The van der Waals surface area contributed by atoms with Crippen molar-refractivity contribution in [1.82, 2.24) is 5.32 Å². The van der Waals surface area contributed by atoms with E-state index < -0.39 is 35.2 Å². The molecule has 0 rings (SSSR count). The van der Waals surface area contributed by atoms with E-state index in [1.54, 1.807) is 41.5 Å². The average molecular weight is 261 g/mol. The number of aliphatic hydroxyl groups excluding tert-OH is 1. The van der Waals surface area contributed by atoms with Crippen molar-refractivity contribution in [3.63, 3.8) is 0 Å². The monoisotopic (exact) mass is 261 g/mol. The molecule has 0 aromatic rings. The third-order valence-electron chi connectivity index (χ3n) is 2.14. The lowest BCUT2D eigenvalue weighted by atomic mass is 9.84. The van der Waals surface area contributed by atoms with Gasteiger partial charge in [-0.05, 0) is 26.2 Å². The van der Waals surface area contributed by atoms with E-state index >= 15 is 0 Å². The maximum atomic E-state index is 11.5. The quantitative estimate of drug-likeness (QED) is 0.713. The zero-order chi connectivity index (χ0) is 14.7. The number of rotatable bonds is 3. The molecule has 0 aliphatic carbocycles. The summed E-state index contributed by atoms with van der Waals surface area (Å²) in [5.74, 6) is -1.30. The number of carboxylic acid groups (broad SMARTS) is 1. The van der Waals surface area contributed by atoms with E-state index in [9.17, 15) is 14.7 Å². The predicted molar refractivity (Wildman–Crippen MR) is 66.3 cm³/mol. The maximum absolute atomic E-state index is 11.5. The molecule has 106 valence electrons. The summed E-state index contributed by atoms with van der Waals surface area (Å²) < 4.78 is 4.96. The fourth-order valence-electron chi connectivity index (χ4n) is 1.21. The molecule has 0 aliphatic rings. The standard InChI is InChI=1S/C12H23NO5/c1-11(2,3)8(14)7(9(15)16)13-10(17)18-12(4,5)6/h7-8,14H,1-6H3,(H,13,17)(H,15,16). The molecule has 0 saturated carbocycles. The molecular formula is C12H23NO5. The Hall–Kier alpha value is -1.30. The van der Waals surface area contributed by atoms with Gasteiger partial charge in [0.05, 0.1) is 6.10 Å². The highest BCUT2D eigenvalue weighted by molar-refractivity contribution is 5.80. The van der Waals surface area contributed by atoms with Gasteiger partial charge in [-0.25, -0.2) is 9.59 Å². The van der Waals surface area contributed by atoms with E-state index in [4.69, 9.17) is 9.84 Å². The molecule has 18 heavy (non-hydrogen) atoms. The number of hydrogen-bond acceptors (Lipinski definition) is 4. The van der Waals surface area contributed by atoms with Gasteiger partial charge in [0.25, 0.3) is 0 Å². The Labute approximate surface area is 107 Å². The smallest absolute Gasteiger partial charge is 0.408 e. The van der Waals surface area contributed by atoms with Crippen LogP contribution in [0.2, 0.25) is 0 Å². The molecule has 0 bridgehead atoms. The zero-order valence-electron chi connectivity index (χ0n) is 11.8.